The van der Waals surface area contributed by atoms with Crippen LogP contribution in [0, 0.1) is 0 Å². The zero-order valence-corrected chi connectivity index (χ0v) is 13.4. The fraction of sp³-hybridized carbons (Fsp3) is 0.500. The summed E-state index contributed by atoms with van der Waals surface area (Å²) >= 11 is 0. The van der Waals surface area contributed by atoms with E-state index in [1.54, 1.807) is 24.3 Å². The first kappa shape index (κ1) is 17.2. The number of anilines is 1. The Balaban J connectivity index is 1.71. The number of nitrogens with one attached hydrogen (secondary N) is 3. The number of hydrogen-bond acceptors (Lipinski definition) is 4. The minimum Gasteiger partial charge on any atom is -0.379 e. The maximum absolute atomic E-state index is 11.8. The molecule has 3 N–H and O–H groups in total. The molecule has 7 heteroatoms. The highest BCUT2D eigenvalue weighted by Crippen LogP contribution is 2.09. The van der Waals surface area contributed by atoms with E-state index in [1.165, 1.54) is 0 Å². The second kappa shape index (κ2) is 9.12. The van der Waals surface area contributed by atoms with Crippen molar-refractivity contribution in [2.45, 2.75) is 6.92 Å². The molecule has 0 bridgehead atoms. The Kier molecular flexibility index (Phi) is 6.83. The summed E-state index contributed by atoms with van der Waals surface area (Å²) in [5, 5.41) is 8.31. The Morgan fingerprint density at radius 3 is 2.48 bits per heavy atom. The lowest BCUT2D eigenvalue weighted by molar-refractivity contribution is 0.0388. The third kappa shape index (κ3) is 5.88. The standard InChI is InChI=1S/C16H24N4O3/c1-2-17-15(21)13-3-5-14(6-4-13)19-16(22)18-7-8-20-9-11-23-12-10-20/h3-6H,2,7-12H2,1H3,(H,17,21)(H2,18,19,22). The van der Waals surface area contributed by atoms with Crippen molar-refractivity contribution in [1.29, 1.82) is 0 Å². The lowest BCUT2D eigenvalue weighted by Crippen LogP contribution is -2.42. The molecule has 0 radical (unpaired) electrons. The molecule has 1 heterocycles. The van der Waals surface area contributed by atoms with E-state index < -0.39 is 0 Å². The van der Waals surface area contributed by atoms with Gasteiger partial charge in [0.1, 0.15) is 0 Å². The van der Waals surface area contributed by atoms with Gasteiger partial charge in [-0.2, -0.15) is 0 Å². The van der Waals surface area contributed by atoms with Crippen LogP contribution in [0.2, 0.25) is 0 Å². The van der Waals surface area contributed by atoms with Gasteiger partial charge in [0.2, 0.25) is 0 Å². The lowest BCUT2D eigenvalue weighted by Gasteiger charge is -2.26. The minimum absolute atomic E-state index is 0.117. The summed E-state index contributed by atoms with van der Waals surface area (Å²) in [6.07, 6.45) is 0. The van der Waals surface area contributed by atoms with E-state index in [2.05, 4.69) is 20.9 Å². The number of hydrogen-bond donors (Lipinski definition) is 3. The van der Waals surface area contributed by atoms with Crippen LogP contribution in [0.25, 0.3) is 0 Å². The number of amides is 3. The summed E-state index contributed by atoms with van der Waals surface area (Å²) in [6.45, 7) is 7.18. The van der Waals surface area contributed by atoms with Crippen LogP contribution < -0.4 is 16.0 Å². The molecule has 126 valence electrons. The van der Waals surface area contributed by atoms with Crippen LogP contribution in [0.1, 0.15) is 17.3 Å². The van der Waals surface area contributed by atoms with Gasteiger partial charge in [0.25, 0.3) is 5.91 Å². The Hall–Kier alpha value is -2.12. The number of carbonyl (C=O) groups excluding carboxylic acids is 2. The normalized spacial score (nSPS) is 15.0. The number of carbonyl (C=O) groups is 2. The highest BCUT2D eigenvalue weighted by atomic mass is 16.5. The highest BCUT2D eigenvalue weighted by Gasteiger charge is 2.10. The van der Waals surface area contributed by atoms with E-state index in [4.69, 9.17) is 4.74 Å². The van der Waals surface area contributed by atoms with Crippen molar-refractivity contribution in [2.75, 3.05) is 51.3 Å². The zero-order chi connectivity index (χ0) is 16.5. The number of urea groups is 1. The molecule has 0 unspecified atom stereocenters. The van der Waals surface area contributed by atoms with Gasteiger partial charge in [-0.1, -0.05) is 0 Å². The average molecular weight is 320 g/mol. The van der Waals surface area contributed by atoms with Gasteiger partial charge in [-0.3, -0.25) is 9.69 Å². The predicted molar refractivity (Wildman–Crippen MR) is 88.7 cm³/mol. The molecule has 1 fully saturated rings. The molecule has 1 aliphatic heterocycles. The van der Waals surface area contributed by atoms with Crippen LogP contribution in [0.15, 0.2) is 24.3 Å². The van der Waals surface area contributed by atoms with Crippen LogP contribution >= 0.6 is 0 Å². The van der Waals surface area contributed by atoms with Crippen LogP contribution in [0.4, 0.5) is 10.5 Å². The molecule has 2 rings (SSSR count). The van der Waals surface area contributed by atoms with Crippen molar-refractivity contribution in [3.05, 3.63) is 29.8 Å². The number of benzene rings is 1. The molecular formula is C16H24N4O3. The van der Waals surface area contributed by atoms with Gasteiger partial charge in [-0.25, -0.2) is 4.79 Å². The van der Waals surface area contributed by atoms with Gasteiger partial charge in [0.15, 0.2) is 0 Å². The topological polar surface area (TPSA) is 82.7 Å². The second-order valence-electron chi connectivity index (χ2n) is 5.27. The van der Waals surface area contributed by atoms with E-state index in [0.29, 0.717) is 24.3 Å². The zero-order valence-electron chi connectivity index (χ0n) is 13.4. The third-order valence-electron chi connectivity index (χ3n) is 3.56. The second-order valence-corrected chi connectivity index (χ2v) is 5.27. The molecule has 23 heavy (non-hydrogen) atoms. The molecule has 1 aromatic rings. The highest BCUT2D eigenvalue weighted by molar-refractivity contribution is 5.95. The van der Waals surface area contributed by atoms with Crippen LogP contribution in [0.3, 0.4) is 0 Å². The van der Waals surface area contributed by atoms with E-state index in [1.807, 2.05) is 6.92 Å². The molecule has 0 spiro atoms. The summed E-state index contributed by atoms with van der Waals surface area (Å²) < 4.78 is 5.28. The van der Waals surface area contributed by atoms with E-state index in [9.17, 15) is 9.59 Å². The molecule has 7 nitrogen and oxygen atoms in total. The van der Waals surface area contributed by atoms with E-state index in [0.717, 1.165) is 32.8 Å². The molecule has 3 amide bonds. The Morgan fingerprint density at radius 1 is 1.13 bits per heavy atom. The maximum atomic E-state index is 11.8. The van der Waals surface area contributed by atoms with Crippen molar-refractivity contribution in [3.8, 4) is 0 Å². The summed E-state index contributed by atoms with van der Waals surface area (Å²) in [7, 11) is 0. The first-order valence-electron chi connectivity index (χ1n) is 7.92. The number of morpholine rings is 1. The number of rotatable bonds is 6. The largest absolute Gasteiger partial charge is 0.379 e. The van der Waals surface area contributed by atoms with Crippen molar-refractivity contribution >= 4 is 17.6 Å². The summed E-state index contributed by atoms with van der Waals surface area (Å²) in [5.74, 6) is -0.117. The van der Waals surface area contributed by atoms with Crippen LogP contribution in [0.5, 0.6) is 0 Å². The predicted octanol–water partition coefficient (Wildman–Crippen LogP) is 0.890. The Bertz CT molecular complexity index is 513. The fourth-order valence-corrected chi connectivity index (χ4v) is 2.30. The fourth-order valence-electron chi connectivity index (χ4n) is 2.30. The lowest BCUT2D eigenvalue weighted by atomic mass is 10.2. The van der Waals surface area contributed by atoms with Crippen LogP contribution in [-0.2, 0) is 4.74 Å². The van der Waals surface area contributed by atoms with E-state index in [-0.39, 0.29) is 11.9 Å². The van der Waals surface area contributed by atoms with Gasteiger partial charge in [0, 0.05) is 44.0 Å². The molecule has 1 aliphatic rings. The number of nitrogens with zero attached hydrogens (tertiary/aromatic N) is 1. The summed E-state index contributed by atoms with van der Waals surface area (Å²) in [4.78, 5) is 25.7. The summed E-state index contributed by atoms with van der Waals surface area (Å²) in [6, 6.07) is 6.56. The number of ether oxygens (including phenoxy) is 1. The SMILES string of the molecule is CCNC(=O)c1ccc(NC(=O)NCCN2CCOCC2)cc1. The molecule has 1 saturated heterocycles. The Labute approximate surface area is 136 Å². The summed E-state index contributed by atoms with van der Waals surface area (Å²) in [5.41, 5.74) is 1.23. The monoisotopic (exact) mass is 320 g/mol. The average Bonchev–Trinajstić information content (AvgIpc) is 2.57. The van der Waals surface area contributed by atoms with Crippen molar-refractivity contribution in [3.63, 3.8) is 0 Å². The van der Waals surface area contributed by atoms with Gasteiger partial charge in [0.05, 0.1) is 13.2 Å². The van der Waals surface area contributed by atoms with Crippen LogP contribution in [-0.4, -0.2) is 62.8 Å². The Morgan fingerprint density at radius 2 is 1.83 bits per heavy atom. The molecule has 0 aromatic heterocycles. The van der Waals surface area contributed by atoms with E-state index >= 15 is 0 Å². The van der Waals surface area contributed by atoms with Gasteiger partial charge in [-0.05, 0) is 31.2 Å². The first-order valence-corrected chi connectivity index (χ1v) is 7.92. The molecular weight excluding hydrogens is 296 g/mol. The first-order chi connectivity index (χ1) is 11.2. The van der Waals surface area contributed by atoms with Gasteiger partial charge in [-0.15, -0.1) is 0 Å². The van der Waals surface area contributed by atoms with Gasteiger partial charge < -0.3 is 20.7 Å². The molecule has 0 atom stereocenters. The van der Waals surface area contributed by atoms with Crippen molar-refractivity contribution < 1.29 is 14.3 Å². The van der Waals surface area contributed by atoms with Crippen molar-refractivity contribution in [1.82, 2.24) is 15.5 Å². The quantitative estimate of drug-likeness (QED) is 0.727. The molecule has 1 aromatic carbocycles. The smallest absolute Gasteiger partial charge is 0.319 e. The van der Waals surface area contributed by atoms with Gasteiger partial charge >= 0.3 is 6.03 Å². The minimum atomic E-state index is -0.246. The maximum Gasteiger partial charge on any atom is 0.319 e. The third-order valence-corrected chi connectivity index (χ3v) is 3.56. The molecule has 0 aliphatic carbocycles. The molecule has 0 saturated carbocycles. The van der Waals surface area contributed by atoms with Crippen molar-refractivity contribution in [2.24, 2.45) is 0 Å².